The van der Waals surface area contributed by atoms with E-state index in [4.69, 9.17) is 0 Å². The molecule has 140 valence electrons. The number of nitrogens with one attached hydrogen (secondary N) is 1. The molecule has 1 atom stereocenters. The maximum Gasteiger partial charge on any atom is 0.233 e. The Bertz CT molecular complexity index is 750. The Morgan fingerprint density at radius 1 is 1.12 bits per heavy atom. The van der Waals surface area contributed by atoms with Gasteiger partial charge in [-0.1, -0.05) is 29.5 Å². The fourth-order valence-electron chi connectivity index (χ4n) is 2.99. The number of rotatable bonds is 6. The molecule has 7 heteroatoms. The van der Waals surface area contributed by atoms with Crippen LogP contribution in [0.3, 0.4) is 0 Å². The van der Waals surface area contributed by atoms with E-state index in [2.05, 4.69) is 56.2 Å². The summed E-state index contributed by atoms with van der Waals surface area (Å²) >= 11 is 1.45. The van der Waals surface area contributed by atoms with Crippen molar-refractivity contribution < 1.29 is 4.79 Å². The molecule has 1 N–H and O–H groups in total. The van der Waals surface area contributed by atoms with Crippen LogP contribution in [0.4, 0.5) is 5.95 Å². The molecule has 3 rings (SSSR count). The number of nitrogens with zero attached hydrogens (tertiary/aromatic N) is 4. The average Bonchev–Trinajstić information content (AvgIpc) is 3.24. The van der Waals surface area contributed by atoms with E-state index in [1.54, 1.807) is 0 Å². The predicted octanol–water partition coefficient (Wildman–Crippen LogP) is 3.18. The molecule has 0 aliphatic carbocycles. The van der Waals surface area contributed by atoms with Crippen molar-refractivity contribution in [1.82, 2.24) is 20.1 Å². The first-order valence-electron chi connectivity index (χ1n) is 9.20. The van der Waals surface area contributed by atoms with Gasteiger partial charge in [0.05, 0.1) is 10.9 Å². The quantitative estimate of drug-likeness (QED) is 0.788. The van der Waals surface area contributed by atoms with Crippen molar-refractivity contribution >= 4 is 23.6 Å². The second-order valence-corrected chi connectivity index (χ2v) is 8.38. The van der Waals surface area contributed by atoms with E-state index in [1.807, 2.05) is 20.8 Å². The summed E-state index contributed by atoms with van der Waals surface area (Å²) in [6.45, 7) is 9.92. The summed E-state index contributed by atoms with van der Waals surface area (Å²) in [5.74, 6) is 0.886. The van der Waals surface area contributed by atoms with E-state index < -0.39 is 0 Å². The Morgan fingerprint density at radius 3 is 2.38 bits per heavy atom. The van der Waals surface area contributed by atoms with Crippen LogP contribution in [0.25, 0.3) is 5.69 Å². The highest BCUT2D eigenvalue weighted by Crippen LogP contribution is 2.30. The van der Waals surface area contributed by atoms with Crippen molar-refractivity contribution in [1.29, 1.82) is 0 Å². The summed E-state index contributed by atoms with van der Waals surface area (Å²) in [5.41, 5.74) is 2.24. The van der Waals surface area contributed by atoms with Crippen LogP contribution in [0.2, 0.25) is 0 Å². The minimum atomic E-state index is -0.239. The Labute approximate surface area is 159 Å². The first-order valence-corrected chi connectivity index (χ1v) is 10.1. The first kappa shape index (κ1) is 18.8. The third-order valence-electron chi connectivity index (χ3n) is 4.38. The van der Waals surface area contributed by atoms with Gasteiger partial charge in [-0.15, -0.1) is 10.2 Å². The van der Waals surface area contributed by atoms with Gasteiger partial charge in [-0.25, -0.2) is 0 Å². The molecule has 1 aromatic heterocycles. The van der Waals surface area contributed by atoms with Crippen molar-refractivity contribution in [2.24, 2.45) is 0 Å². The van der Waals surface area contributed by atoms with Gasteiger partial charge in [-0.2, -0.15) is 0 Å². The number of anilines is 1. The minimum absolute atomic E-state index is 0.0196. The molecular formula is C19H27N5OS. The van der Waals surface area contributed by atoms with Gasteiger partial charge in [0.2, 0.25) is 11.9 Å². The smallest absolute Gasteiger partial charge is 0.233 e. The van der Waals surface area contributed by atoms with Crippen LogP contribution in [0, 0.1) is 6.92 Å². The normalized spacial score (nSPS) is 15.5. The fourth-order valence-corrected chi connectivity index (χ4v) is 3.87. The lowest BCUT2D eigenvalue weighted by molar-refractivity contribution is -0.120. The highest BCUT2D eigenvalue weighted by molar-refractivity contribution is 8.00. The third kappa shape index (κ3) is 4.20. The summed E-state index contributed by atoms with van der Waals surface area (Å²) in [7, 11) is 0. The van der Waals surface area contributed by atoms with Crippen LogP contribution in [0.15, 0.2) is 29.4 Å². The van der Waals surface area contributed by atoms with Crippen molar-refractivity contribution in [3.05, 3.63) is 29.8 Å². The number of carbonyl (C=O) groups excluding carboxylic acids is 1. The zero-order valence-electron chi connectivity index (χ0n) is 15.9. The Morgan fingerprint density at radius 2 is 1.77 bits per heavy atom. The van der Waals surface area contributed by atoms with Gasteiger partial charge in [0.1, 0.15) is 0 Å². The zero-order valence-corrected chi connectivity index (χ0v) is 16.7. The fraction of sp³-hybridized carbons (Fsp3) is 0.526. The molecular weight excluding hydrogens is 346 g/mol. The molecule has 1 aliphatic heterocycles. The SMILES string of the molecule is Cc1ccc(-n2c(SC(C)C(=O)NC(C)C)nnc2N2CCCC2)cc1. The van der Waals surface area contributed by atoms with Gasteiger partial charge in [-0.3, -0.25) is 9.36 Å². The molecule has 1 aliphatic rings. The Kier molecular flexibility index (Phi) is 5.86. The van der Waals surface area contributed by atoms with E-state index in [0.29, 0.717) is 0 Å². The lowest BCUT2D eigenvalue weighted by atomic mass is 10.2. The monoisotopic (exact) mass is 373 g/mol. The highest BCUT2D eigenvalue weighted by atomic mass is 32.2. The van der Waals surface area contributed by atoms with Gasteiger partial charge in [0.25, 0.3) is 0 Å². The van der Waals surface area contributed by atoms with Gasteiger partial charge in [0.15, 0.2) is 5.16 Å². The molecule has 2 aromatic rings. The lowest BCUT2D eigenvalue weighted by Gasteiger charge is -2.19. The topological polar surface area (TPSA) is 63.1 Å². The Hall–Kier alpha value is -2.02. The molecule has 1 fully saturated rings. The van der Waals surface area contributed by atoms with Crippen molar-refractivity contribution in [2.45, 2.75) is 57.0 Å². The number of amides is 1. The van der Waals surface area contributed by atoms with Crippen LogP contribution < -0.4 is 10.2 Å². The summed E-state index contributed by atoms with van der Waals surface area (Å²) in [6.07, 6.45) is 2.35. The van der Waals surface area contributed by atoms with Gasteiger partial charge >= 0.3 is 0 Å². The first-order chi connectivity index (χ1) is 12.5. The molecule has 0 bridgehead atoms. The van der Waals surface area contributed by atoms with Crippen LogP contribution >= 0.6 is 11.8 Å². The van der Waals surface area contributed by atoms with Crippen molar-refractivity contribution in [3.63, 3.8) is 0 Å². The lowest BCUT2D eigenvalue weighted by Crippen LogP contribution is -2.36. The van der Waals surface area contributed by atoms with Crippen LogP contribution in [-0.4, -0.2) is 45.1 Å². The van der Waals surface area contributed by atoms with E-state index in [0.717, 1.165) is 29.9 Å². The average molecular weight is 374 g/mol. The van der Waals surface area contributed by atoms with E-state index in [1.165, 1.54) is 30.2 Å². The number of benzene rings is 1. The zero-order chi connectivity index (χ0) is 18.7. The van der Waals surface area contributed by atoms with E-state index >= 15 is 0 Å². The number of carbonyl (C=O) groups is 1. The van der Waals surface area contributed by atoms with Crippen molar-refractivity contribution in [2.75, 3.05) is 18.0 Å². The molecule has 0 radical (unpaired) electrons. The largest absolute Gasteiger partial charge is 0.353 e. The molecule has 1 aromatic carbocycles. The molecule has 26 heavy (non-hydrogen) atoms. The maximum atomic E-state index is 12.3. The molecule has 0 saturated carbocycles. The number of hydrogen-bond acceptors (Lipinski definition) is 5. The highest BCUT2D eigenvalue weighted by Gasteiger charge is 2.25. The van der Waals surface area contributed by atoms with E-state index in [-0.39, 0.29) is 17.2 Å². The van der Waals surface area contributed by atoms with E-state index in [9.17, 15) is 4.79 Å². The second-order valence-electron chi connectivity index (χ2n) is 7.07. The molecule has 1 unspecified atom stereocenters. The summed E-state index contributed by atoms with van der Waals surface area (Å²) < 4.78 is 2.08. The Balaban J connectivity index is 1.92. The summed E-state index contributed by atoms with van der Waals surface area (Å²) in [6, 6.07) is 8.47. The molecule has 2 heterocycles. The van der Waals surface area contributed by atoms with Crippen LogP contribution in [0.5, 0.6) is 0 Å². The number of aromatic nitrogens is 3. The standard InChI is InChI=1S/C19H27N5OS/c1-13(2)20-17(25)15(4)26-19-22-21-18(23-11-5-6-12-23)24(19)16-9-7-14(3)8-10-16/h7-10,13,15H,5-6,11-12H2,1-4H3,(H,20,25). The van der Waals surface area contributed by atoms with Crippen LogP contribution in [0.1, 0.15) is 39.2 Å². The molecule has 6 nitrogen and oxygen atoms in total. The predicted molar refractivity (Wildman–Crippen MR) is 106 cm³/mol. The summed E-state index contributed by atoms with van der Waals surface area (Å²) in [4.78, 5) is 14.6. The number of hydrogen-bond donors (Lipinski definition) is 1. The maximum absolute atomic E-state index is 12.3. The van der Waals surface area contributed by atoms with Crippen LogP contribution in [-0.2, 0) is 4.79 Å². The van der Waals surface area contributed by atoms with Crippen molar-refractivity contribution in [3.8, 4) is 5.69 Å². The third-order valence-corrected chi connectivity index (χ3v) is 5.42. The van der Waals surface area contributed by atoms with Gasteiger partial charge in [-0.05, 0) is 52.7 Å². The minimum Gasteiger partial charge on any atom is -0.353 e. The molecule has 1 amide bonds. The van der Waals surface area contributed by atoms with Gasteiger partial charge in [0, 0.05) is 19.1 Å². The second kappa shape index (κ2) is 8.12. The molecule has 1 saturated heterocycles. The summed E-state index contributed by atoms with van der Waals surface area (Å²) in [5, 5.41) is 12.3. The number of thioether (sulfide) groups is 1. The number of aryl methyl sites for hydroxylation is 1. The van der Waals surface area contributed by atoms with Gasteiger partial charge < -0.3 is 10.2 Å². The molecule has 0 spiro atoms.